The van der Waals surface area contributed by atoms with Crippen LogP contribution in [-0.2, 0) is 9.53 Å². The van der Waals surface area contributed by atoms with Crippen molar-refractivity contribution in [3.63, 3.8) is 0 Å². The fraction of sp³-hybridized carbons (Fsp3) is 0.941. The van der Waals surface area contributed by atoms with Gasteiger partial charge in [-0.05, 0) is 51.4 Å². The van der Waals surface area contributed by atoms with Gasteiger partial charge in [0.15, 0.2) is 0 Å². The monoisotopic (exact) mass is 297 g/mol. The summed E-state index contributed by atoms with van der Waals surface area (Å²) in [6.07, 6.45) is 11.1. The molecule has 0 aromatic rings. The first-order valence-corrected chi connectivity index (χ1v) is 8.74. The van der Waals surface area contributed by atoms with E-state index < -0.39 is 0 Å². The van der Waals surface area contributed by atoms with Gasteiger partial charge in [0.2, 0.25) is 5.91 Å². The van der Waals surface area contributed by atoms with Crippen LogP contribution in [-0.4, -0.2) is 35.9 Å². The van der Waals surface area contributed by atoms with Gasteiger partial charge in [-0.3, -0.25) is 4.79 Å². The summed E-state index contributed by atoms with van der Waals surface area (Å²) in [6.45, 7) is 2.26. The average Bonchev–Trinajstić information content (AvgIpc) is 2.91. The summed E-state index contributed by atoms with van der Waals surface area (Å²) in [5.41, 5.74) is 0. The molecule has 4 nitrogen and oxygen atoms in total. The molecule has 3 unspecified atom stereocenters. The Bertz CT molecular complexity index is 315. The van der Waals surface area contributed by atoms with Crippen molar-refractivity contribution in [3.8, 4) is 0 Å². The molecule has 1 amide bonds. The highest BCUT2D eigenvalue weighted by atomic mass is 16.5. The van der Waals surface area contributed by atoms with E-state index in [9.17, 15) is 9.90 Å². The maximum absolute atomic E-state index is 12.2. The highest BCUT2D eigenvalue weighted by Crippen LogP contribution is 2.28. The Morgan fingerprint density at radius 3 is 2.62 bits per heavy atom. The molecule has 4 heteroatoms. The van der Waals surface area contributed by atoms with Crippen molar-refractivity contribution >= 4 is 5.91 Å². The lowest BCUT2D eigenvalue weighted by molar-refractivity contribution is -0.123. The molecule has 0 aromatic heterocycles. The molecule has 0 radical (unpaired) electrons. The molecule has 0 spiro atoms. The molecule has 2 rings (SSSR count). The number of hydrogen-bond donors (Lipinski definition) is 2. The molecule has 0 aromatic carbocycles. The van der Waals surface area contributed by atoms with Crippen LogP contribution in [0.4, 0.5) is 0 Å². The van der Waals surface area contributed by atoms with E-state index in [1.54, 1.807) is 0 Å². The topological polar surface area (TPSA) is 58.6 Å². The fourth-order valence-corrected chi connectivity index (χ4v) is 3.77. The van der Waals surface area contributed by atoms with Crippen molar-refractivity contribution in [2.45, 2.75) is 89.4 Å². The number of ether oxygens (including phenoxy) is 1. The molecule has 2 aliphatic rings. The largest absolute Gasteiger partial charge is 0.396 e. The molecule has 0 bridgehead atoms. The summed E-state index contributed by atoms with van der Waals surface area (Å²) in [5.74, 6) is 0.680. The van der Waals surface area contributed by atoms with Crippen LogP contribution in [0.2, 0.25) is 0 Å². The minimum absolute atomic E-state index is 0.127. The van der Waals surface area contributed by atoms with E-state index in [4.69, 9.17) is 4.74 Å². The third-order valence-electron chi connectivity index (χ3n) is 5.02. The Hall–Kier alpha value is -0.610. The smallest absolute Gasteiger partial charge is 0.220 e. The van der Waals surface area contributed by atoms with Gasteiger partial charge in [0.25, 0.3) is 0 Å². The third-order valence-corrected chi connectivity index (χ3v) is 5.02. The normalized spacial score (nSPS) is 28.5. The Kier molecular flexibility index (Phi) is 6.97. The summed E-state index contributed by atoms with van der Waals surface area (Å²) in [4.78, 5) is 12.2. The van der Waals surface area contributed by atoms with E-state index in [1.165, 1.54) is 32.1 Å². The molecule has 1 saturated carbocycles. The number of aliphatic hydroxyl groups is 1. The quantitative estimate of drug-likeness (QED) is 0.759. The Morgan fingerprint density at radius 2 is 2.00 bits per heavy atom. The predicted octanol–water partition coefficient (Wildman–Crippen LogP) is 2.78. The number of rotatable bonds is 7. The van der Waals surface area contributed by atoms with Crippen molar-refractivity contribution in [2.75, 3.05) is 6.61 Å². The lowest BCUT2D eigenvalue weighted by Gasteiger charge is -2.30. The number of amides is 1. The molecule has 1 heterocycles. The molecule has 2 fully saturated rings. The van der Waals surface area contributed by atoms with Crippen LogP contribution in [0.5, 0.6) is 0 Å². The van der Waals surface area contributed by atoms with Crippen molar-refractivity contribution in [2.24, 2.45) is 5.92 Å². The van der Waals surface area contributed by atoms with Gasteiger partial charge < -0.3 is 15.2 Å². The lowest BCUT2D eigenvalue weighted by atomic mass is 9.82. The summed E-state index contributed by atoms with van der Waals surface area (Å²) >= 11 is 0. The lowest BCUT2D eigenvalue weighted by Crippen LogP contribution is -2.41. The minimum atomic E-state index is 0.127. The van der Waals surface area contributed by atoms with Crippen LogP contribution in [0.1, 0.15) is 71.1 Å². The Balaban J connectivity index is 1.72. The average molecular weight is 297 g/mol. The fourth-order valence-electron chi connectivity index (χ4n) is 3.77. The molecule has 122 valence electrons. The summed E-state index contributed by atoms with van der Waals surface area (Å²) in [5, 5.41) is 12.4. The van der Waals surface area contributed by atoms with Gasteiger partial charge in [0.05, 0.1) is 12.2 Å². The molecular weight excluding hydrogens is 266 g/mol. The summed E-state index contributed by atoms with van der Waals surface area (Å²) in [7, 11) is 0. The van der Waals surface area contributed by atoms with Gasteiger partial charge in [0.1, 0.15) is 0 Å². The SMILES string of the molecule is CC1CCC(CCC(=O)NC(CCO)C2CCCCC2)O1. The van der Waals surface area contributed by atoms with E-state index in [1.807, 2.05) is 0 Å². The zero-order chi connectivity index (χ0) is 15.1. The number of nitrogens with one attached hydrogen (secondary N) is 1. The third kappa shape index (κ3) is 5.59. The van der Waals surface area contributed by atoms with Gasteiger partial charge in [-0.15, -0.1) is 0 Å². The van der Waals surface area contributed by atoms with Crippen LogP contribution in [0.25, 0.3) is 0 Å². The predicted molar refractivity (Wildman–Crippen MR) is 83.0 cm³/mol. The van der Waals surface area contributed by atoms with Gasteiger partial charge >= 0.3 is 0 Å². The Morgan fingerprint density at radius 1 is 1.24 bits per heavy atom. The zero-order valence-corrected chi connectivity index (χ0v) is 13.4. The zero-order valence-electron chi connectivity index (χ0n) is 13.4. The molecule has 1 aliphatic carbocycles. The Labute approximate surface area is 128 Å². The van der Waals surface area contributed by atoms with E-state index in [0.29, 0.717) is 24.9 Å². The minimum Gasteiger partial charge on any atom is -0.396 e. The van der Waals surface area contributed by atoms with Gasteiger partial charge in [-0.1, -0.05) is 19.3 Å². The van der Waals surface area contributed by atoms with Crippen molar-refractivity contribution < 1.29 is 14.6 Å². The van der Waals surface area contributed by atoms with E-state index in [-0.39, 0.29) is 24.7 Å². The van der Waals surface area contributed by atoms with Crippen molar-refractivity contribution in [3.05, 3.63) is 0 Å². The number of carbonyl (C=O) groups excluding carboxylic acids is 1. The molecular formula is C17H31NO3. The maximum Gasteiger partial charge on any atom is 0.220 e. The summed E-state index contributed by atoms with van der Waals surface area (Å²) < 4.78 is 5.76. The number of carbonyl (C=O) groups is 1. The highest BCUT2D eigenvalue weighted by molar-refractivity contribution is 5.76. The highest BCUT2D eigenvalue weighted by Gasteiger charge is 2.26. The van der Waals surface area contributed by atoms with Crippen LogP contribution >= 0.6 is 0 Å². The summed E-state index contributed by atoms with van der Waals surface area (Å²) in [6, 6.07) is 0.159. The molecule has 21 heavy (non-hydrogen) atoms. The first-order chi connectivity index (χ1) is 10.2. The van der Waals surface area contributed by atoms with Gasteiger partial charge in [-0.25, -0.2) is 0 Å². The van der Waals surface area contributed by atoms with Gasteiger partial charge in [-0.2, -0.15) is 0 Å². The molecule has 2 N–H and O–H groups in total. The van der Waals surface area contributed by atoms with Crippen LogP contribution in [0, 0.1) is 5.92 Å². The van der Waals surface area contributed by atoms with Crippen molar-refractivity contribution in [1.29, 1.82) is 0 Å². The second-order valence-corrected chi connectivity index (χ2v) is 6.77. The van der Waals surface area contributed by atoms with Crippen LogP contribution in [0.15, 0.2) is 0 Å². The van der Waals surface area contributed by atoms with E-state index in [2.05, 4.69) is 12.2 Å². The number of hydrogen-bond acceptors (Lipinski definition) is 3. The van der Waals surface area contributed by atoms with E-state index in [0.717, 1.165) is 19.3 Å². The molecule has 1 saturated heterocycles. The number of aliphatic hydroxyl groups excluding tert-OH is 1. The molecule has 1 aliphatic heterocycles. The standard InChI is InChI=1S/C17H31NO3/c1-13-7-8-15(21-13)9-10-17(20)18-16(11-12-19)14-5-3-2-4-6-14/h13-16,19H,2-12H2,1H3,(H,18,20). The van der Waals surface area contributed by atoms with Crippen LogP contribution in [0.3, 0.4) is 0 Å². The second-order valence-electron chi connectivity index (χ2n) is 6.77. The second kappa shape index (κ2) is 8.74. The van der Waals surface area contributed by atoms with E-state index >= 15 is 0 Å². The first kappa shape index (κ1) is 16.8. The first-order valence-electron chi connectivity index (χ1n) is 8.74. The van der Waals surface area contributed by atoms with Gasteiger partial charge in [0, 0.05) is 19.1 Å². The van der Waals surface area contributed by atoms with Crippen molar-refractivity contribution in [1.82, 2.24) is 5.32 Å². The molecule has 3 atom stereocenters. The van der Waals surface area contributed by atoms with Crippen LogP contribution < -0.4 is 5.32 Å². The maximum atomic E-state index is 12.2.